The molecule has 0 saturated heterocycles. The summed E-state index contributed by atoms with van der Waals surface area (Å²) in [4.78, 5) is 0. The normalized spacial score (nSPS) is 10.6. The zero-order valence-corrected chi connectivity index (χ0v) is 10.0. The first-order chi connectivity index (χ1) is 8.06. The van der Waals surface area contributed by atoms with E-state index in [0.717, 1.165) is 6.07 Å². The summed E-state index contributed by atoms with van der Waals surface area (Å²) in [6.45, 7) is 0.174. The van der Waals surface area contributed by atoms with Crippen molar-refractivity contribution in [1.82, 2.24) is 0 Å². The van der Waals surface area contributed by atoms with E-state index >= 15 is 0 Å². The monoisotopic (exact) mass is 305 g/mol. The molecule has 1 N–H and O–H groups in total. The smallest absolute Gasteiger partial charge is 0.169 e. The Bertz CT molecular complexity index is 542. The summed E-state index contributed by atoms with van der Waals surface area (Å²) in [5.74, 6) is -2.63. The van der Waals surface area contributed by atoms with Gasteiger partial charge in [-0.15, -0.1) is 0 Å². The third-order valence-electron chi connectivity index (χ3n) is 2.09. The first-order valence-corrected chi connectivity index (χ1v) is 5.48. The Morgan fingerprint density at radius 2 is 1.76 bits per heavy atom. The van der Waals surface area contributed by atoms with E-state index in [1.54, 1.807) is 12.1 Å². The SMILES string of the molecule is Fc1cc(F)c(NCc2ccc(Br)o2)cc1F. The first kappa shape index (κ1) is 12.0. The lowest BCUT2D eigenvalue weighted by Gasteiger charge is -2.06. The summed E-state index contributed by atoms with van der Waals surface area (Å²) < 4.78 is 44.5. The molecule has 6 heteroatoms. The zero-order chi connectivity index (χ0) is 12.4. The molecular formula is C11H7BrF3NO. The molecule has 1 aromatic carbocycles. The van der Waals surface area contributed by atoms with E-state index in [0.29, 0.717) is 16.5 Å². The van der Waals surface area contributed by atoms with Crippen LogP contribution in [0.2, 0.25) is 0 Å². The fourth-order valence-electron chi connectivity index (χ4n) is 1.29. The van der Waals surface area contributed by atoms with Crippen molar-refractivity contribution in [2.75, 3.05) is 5.32 Å². The lowest BCUT2D eigenvalue weighted by atomic mass is 10.2. The molecule has 90 valence electrons. The average Bonchev–Trinajstić information content (AvgIpc) is 2.68. The van der Waals surface area contributed by atoms with Crippen molar-refractivity contribution in [2.45, 2.75) is 6.54 Å². The van der Waals surface area contributed by atoms with E-state index in [2.05, 4.69) is 21.2 Å². The highest BCUT2D eigenvalue weighted by Gasteiger charge is 2.10. The van der Waals surface area contributed by atoms with Crippen molar-refractivity contribution in [2.24, 2.45) is 0 Å². The number of rotatable bonds is 3. The summed E-state index contributed by atoms with van der Waals surface area (Å²) in [7, 11) is 0. The van der Waals surface area contributed by atoms with E-state index < -0.39 is 17.5 Å². The second-order valence-electron chi connectivity index (χ2n) is 3.31. The maximum Gasteiger partial charge on any atom is 0.169 e. The number of anilines is 1. The van der Waals surface area contributed by atoms with E-state index in [1.807, 2.05) is 0 Å². The molecule has 0 aliphatic rings. The van der Waals surface area contributed by atoms with Gasteiger partial charge >= 0.3 is 0 Å². The summed E-state index contributed by atoms with van der Waals surface area (Å²) in [6.07, 6.45) is 0. The number of halogens is 4. The van der Waals surface area contributed by atoms with Crippen LogP contribution in [-0.4, -0.2) is 0 Å². The van der Waals surface area contributed by atoms with Crippen LogP contribution in [0.5, 0.6) is 0 Å². The van der Waals surface area contributed by atoms with E-state index in [-0.39, 0.29) is 12.2 Å². The molecule has 0 atom stereocenters. The number of nitrogens with one attached hydrogen (secondary N) is 1. The van der Waals surface area contributed by atoms with E-state index in [1.165, 1.54) is 0 Å². The summed E-state index contributed by atoms with van der Waals surface area (Å²) in [5, 5.41) is 2.61. The van der Waals surface area contributed by atoms with Gasteiger partial charge in [0.15, 0.2) is 16.3 Å². The second-order valence-corrected chi connectivity index (χ2v) is 4.09. The predicted octanol–water partition coefficient (Wildman–Crippen LogP) is 4.07. The van der Waals surface area contributed by atoms with Crippen molar-refractivity contribution in [3.05, 3.63) is 52.1 Å². The number of hydrogen-bond acceptors (Lipinski definition) is 2. The van der Waals surface area contributed by atoms with Crippen molar-refractivity contribution < 1.29 is 17.6 Å². The molecular weight excluding hydrogens is 299 g/mol. The topological polar surface area (TPSA) is 25.2 Å². The molecule has 0 aliphatic carbocycles. The van der Waals surface area contributed by atoms with Crippen LogP contribution in [0.4, 0.5) is 18.9 Å². The van der Waals surface area contributed by atoms with Gasteiger partial charge in [0.25, 0.3) is 0 Å². The molecule has 0 bridgehead atoms. The van der Waals surface area contributed by atoms with Gasteiger partial charge in [0.1, 0.15) is 11.6 Å². The van der Waals surface area contributed by atoms with Gasteiger partial charge in [0.05, 0.1) is 12.2 Å². The van der Waals surface area contributed by atoms with Gasteiger partial charge in [0.2, 0.25) is 0 Å². The Kier molecular flexibility index (Phi) is 3.42. The fourth-order valence-corrected chi connectivity index (χ4v) is 1.63. The largest absolute Gasteiger partial charge is 0.452 e. The molecule has 2 aromatic rings. The highest BCUT2D eigenvalue weighted by molar-refractivity contribution is 9.10. The Morgan fingerprint density at radius 1 is 1.06 bits per heavy atom. The van der Waals surface area contributed by atoms with Crippen LogP contribution in [0.3, 0.4) is 0 Å². The Balaban J connectivity index is 2.11. The highest BCUT2D eigenvalue weighted by atomic mass is 79.9. The minimum absolute atomic E-state index is 0.114. The van der Waals surface area contributed by atoms with Gasteiger partial charge < -0.3 is 9.73 Å². The quantitative estimate of drug-likeness (QED) is 0.865. The molecule has 0 radical (unpaired) electrons. The third kappa shape index (κ3) is 2.82. The van der Waals surface area contributed by atoms with Crippen molar-refractivity contribution in [3.8, 4) is 0 Å². The number of benzene rings is 1. The number of furan rings is 1. The van der Waals surface area contributed by atoms with Gasteiger partial charge in [-0.3, -0.25) is 0 Å². The Hall–Kier alpha value is -1.43. The van der Waals surface area contributed by atoms with Gasteiger partial charge in [-0.2, -0.15) is 0 Å². The molecule has 0 amide bonds. The van der Waals surface area contributed by atoms with Crippen LogP contribution in [0.25, 0.3) is 0 Å². The number of hydrogen-bond donors (Lipinski definition) is 1. The van der Waals surface area contributed by atoms with Crippen LogP contribution in [0.15, 0.2) is 33.4 Å². The molecule has 1 heterocycles. The summed E-state index contributed by atoms with van der Waals surface area (Å²) in [6, 6.07) is 4.62. The summed E-state index contributed by atoms with van der Waals surface area (Å²) in [5.41, 5.74) is -0.114. The first-order valence-electron chi connectivity index (χ1n) is 4.69. The second kappa shape index (κ2) is 4.83. The van der Waals surface area contributed by atoms with Crippen LogP contribution in [0, 0.1) is 17.5 Å². The molecule has 0 aliphatic heterocycles. The van der Waals surface area contributed by atoms with Crippen molar-refractivity contribution >= 4 is 21.6 Å². The van der Waals surface area contributed by atoms with E-state index in [9.17, 15) is 13.2 Å². The molecule has 0 spiro atoms. The van der Waals surface area contributed by atoms with Crippen LogP contribution in [-0.2, 0) is 6.54 Å². The fraction of sp³-hybridized carbons (Fsp3) is 0.0909. The Morgan fingerprint density at radius 3 is 2.41 bits per heavy atom. The van der Waals surface area contributed by atoms with Crippen molar-refractivity contribution in [1.29, 1.82) is 0 Å². The van der Waals surface area contributed by atoms with Gasteiger partial charge in [-0.1, -0.05) is 0 Å². The molecule has 1 aromatic heterocycles. The Labute approximate surface area is 104 Å². The molecule has 0 unspecified atom stereocenters. The van der Waals surface area contributed by atoms with E-state index in [4.69, 9.17) is 4.42 Å². The molecule has 0 fully saturated rings. The predicted molar refractivity (Wildman–Crippen MR) is 60.1 cm³/mol. The molecule has 2 rings (SSSR count). The van der Waals surface area contributed by atoms with Gasteiger partial charge in [-0.05, 0) is 28.1 Å². The summed E-state index contributed by atoms with van der Waals surface area (Å²) >= 11 is 3.12. The maximum atomic E-state index is 13.2. The molecule has 17 heavy (non-hydrogen) atoms. The van der Waals surface area contributed by atoms with Crippen molar-refractivity contribution in [3.63, 3.8) is 0 Å². The zero-order valence-electron chi connectivity index (χ0n) is 8.44. The maximum absolute atomic E-state index is 13.2. The van der Waals surface area contributed by atoms with Gasteiger partial charge in [-0.25, -0.2) is 13.2 Å². The lowest BCUT2D eigenvalue weighted by molar-refractivity contribution is 0.490. The van der Waals surface area contributed by atoms with Crippen LogP contribution >= 0.6 is 15.9 Å². The molecule has 0 saturated carbocycles. The van der Waals surface area contributed by atoms with Crippen LogP contribution in [0.1, 0.15) is 5.76 Å². The lowest BCUT2D eigenvalue weighted by Crippen LogP contribution is -2.02. The minimum atomic E-state index is -1.21. The van der Waals surface area contributed by atoms with Gasteiger partial charge in [0, 0.05) is 12.1 Å². The third-order valence-corrected chi connectivity index (χ3v) is 2.52. The standard InChI is InChI=1S/C11H7BrF3NO/c12-11-2-1-6(17-11)5-16-10-4-8(14)7(13)3-9(10)15/h1-4,16H,5H2. The highest BCUT2D eigenvalue weighted by Crippen LogP contribution is 2.20. The minimum Gasteiger partial charge on any atom is -0.452 e. The average molecular weight is 306 g/mol. The van der Waals surface area contributed by atoms with Crippen LogP contribution < -0.4 is 5.32 Å². The molecule has 2 nitrogen and oxygen atoms in total.